The Morgan fingerprint density at radius 3 is 2.86 bits per heavy atom. The lowest BCUT2D eigenvalue weighted by Gasteiger charge is -2.18. The van der Waals surface area contributed by atoms with E-state index >= 15 is 0 Å². The molecule has 0 aromatic carbocycles. The summed E-state index contributed by atoms with van der Waals surface area (Å²) in [5, 5.41) is 3.61. The monoisotopic (exact) mass is 297 g/mol. The largest absolute Gasteiger partial charge is 0.310 e. The highest BCUT2D eigenvalue weighted by Crippen LogP contribution is 2.23. The zero-order valence-corrected chi connectivity index (χ0v) is 12.4. The fourth-order valence-corrected chi connectivity index (χ4v) is 2.92. The highest BCUT2D eigenvalue weighted by atomic mass is 16.2. The van der Waals surface area contributed by atoms with Crippen LogP contribution >= 0.6 is 0 Å². The van der Waals surface area contributed by atoms with Gasteiger partial charge in [0.2, 0.25) is 5.91 Å². The molecular weight excluding hydrogens is 278 g/mol. The van der Waals surface area contributed by atoms with Crippen molar-refractivity contribution in [3.63, 3.8) is 0 Å². The molecule has 1 unspecified atom stereocenters. The number of amides is 1. The Labute approximate surface area is 129 Å². The molecule has 1 fully saturated rings. The zero-order valence-electron chi connectivity index (χ0n) is 12.4. The second-order valence-corrected chi connectivity index (χ2v) is 5.69. The Bertz CT molecular complexity index is 694. The third-order valence-electron chi connectivity index (χ3n) is 4.14. The van der Waals surface area contributed by atoms with E-state index in [1.165, 1.54) is 0 Å². The number of aromatic nitrogens is 2. The second kappa shape index (κ2) is 6.64. The molecule has 2 heterocycles. The average Bonchev–Trinajstić information content (AvgIpc) is 2.51. The molecule has 5 nitrogen and oxygen atoms in total. The lowest BCUT2D eigenvalue weighted by molar-refractivity contribution is -0.131. The molecular formula is C17H19N3O2. The molecule has 0 bridgehead atoms. The van der Waals surface area contributed by atoms with Gasteiger partial charge in [-0.05, 0) is 31.0 Å². The van der Waals surface area contributed by atoms with Crippen LogP contribution in [0.1, 0.15) is 38.5 Å². The van der Waals surface area contributed by atoms with Gasteiger partial charge in [-0.15, -0.1) is 0 Å². The minimum absolute atomic E-state index is 0.0514. The van der Waals surface area contributed by atoms with Crippen LogP contribution in [-0.4, -0.2) is 21.7 Å². The number of pyridine rings is 2. The molecule has 1 saturated carbocycles. The van der Waals surface area contributed by atoms with Crippen LogP contribution in [0.15, 0.2) is 30.6 Å². The van der Waals surface area contributed by atoms with Crippen LogP contribution in [-0.2, 0) is 9.59 Å². The minimum atomic E-state index is -0.547. The maximum absolute atomic E-state index is 12.5. The van der Waals surface area contributed by atoms with Gasteiger partial charge in [-0.25, -0.2) is 4.98 Å². The summed E-state index contributed by atoms with van der Waals surface area (Å²) >= 11 is 0. The maximum atomic E-state index is 12.5. The van der Waals surface area contributed by atoms with Gasteiger partial charge in [0.25, 0.3) is 0 Å². The van der Waals surface area contributed by atoms with Crippen LogP contribution in [0.5, 0.6) is 0 Å². The van der Waals surface area contributed by atoms with Crippen molar-refractivity contribution in [3.05, 3.63) is 30.6 Å². The Morgan fingerprint density at radius 2 is 1.95 bits per heavy atom. The van der Waals surface area contributed by atoms with Crippen molar-refractivity contribution in [3.8, 4) is 0 Å². The number of hydrogen-bond donors (Lipinski definition) is 1. The predicted molar refractivity (Wildman–Crippen MR) is 84.4 cm³/mol. The first-order valence-corrected chi connectivity index (χ1v) is 7.79. The third-order valence-corrected chi connectivity index (χ3v) is 4.14. The van der Waals surface area contributed by atoms with Crippen LogP contribution in [0.2, 0.25) is 0 Å². The number of rotatable bonds is 2. The van der Waals surface area contributed by atoms with Gasteiger partial charge in [-0.2, -0.15) is 0 Å². The molecule has 1 aliphatic rings. The van der Waals surface area contributed by atoms with E-state index < -0.39 is 5.92 Å². The molecule has 0 radical (unpaired) electrons. The van der Waals surface area contributed by atoms with Crippen molar-refractivity contribution < 1.29 is 9.59 Å². The number of hydrogen-bond acceptors (Lipinski definition) is 4. The molecule has 0 aliphatic heterocycles. The van der Waals surface area contributed by atoms with Crippen molar-refractivity contribution in [2.45, 2.75) is 38.5 Å². The first-order chi connectivity index (χ1) is 10.8. The van der Waals surface area contributed by atoms with E-state index in [4.69, 9.17) is 0 Å². The van der Waals surface area contributed by atoms with Gasteiger partial charge < -0.3 is 5.32 Å². The lowest BCUT2D eigenvalue weighted by Crippen LogP contribution is -2.30. The molecule has 3 rings (SSSR count). The fourth-order valence-electron chi connectivity index (χ4n) is 2.92. The van der Waals surface area contributed by atoms with Gasteiger partial charge in [-0.3, -0.25) is 14.6 Å². The zero-order chi connectivity index (χ0) is 15.4. The van der Waals surface area contributed by atoms with E-state index in [0.29, 0.717) is 18.7 Å². The molecule has 5 heteroatoms. The topological polar surface area (TPSA) is 72.0 Å². The first kappa shape index (κ1) is 14.6. The number of Topliss-reactive ketones (excluding diaryl/α,β-unsaturated/α-hetero) is 1. The molecule has 114 valence electrons. The van der Waals surface area contributed by atoms with Crippen molar-refractivity contribution in [2.24, 2.45) is 5.92 Å². The number of nitrogens with zero attached hydrogens (tertiary/aromatic N) is 2. The SMILES string of the molecule is O=C1CCCCCCC1C(=O)Nc1nccc2ncccc12. The summed E-state index contributed by atoms with van der Waals surface area (Å²) in [6.07, 6.45) is 8.44. The van der Waals surface area contributed by atoms with Gasteiger partial charge in [0.15, 0.2) is 0 Å². The summed E-state index contributed by atoms with van der Waals surface area (Å²) in [7, 11) is 0. The Balaban J connectivity index is 1.81. The molecule has 0 spiro atoms. The van der Waals surface area contributed by atoms with Crippen LogP contribution in [0, 0.1) is 5.92 Å². The maximum Gasteiger partial charge on any atom is 0.236 e. The molecule has 1 amide bonds. The molecule has 1 atom stereocenters. The van der Waals surface area contributed by atoms with Gasteiger partial charge in [-0.1, -0.05) is 19.3 Å². The third kappa shape index (κ3) is 3.13. The van der Waals surface area contributed by atoms with E-state index in [0.717, 1.165) is 36.6 Å². The van der Waals surface area contributed by atoms with Gasteiger partial charge in [0.05, 0.1) is 11.4 Å². The summed E-state index contributed by atoms with van der Waals surface area (Å²) in [4.78, 5) is 33.1. The highest BCUT2D eigenvalue weighted by molar-refractivity contribution is 6.09. The van der Waals surface area contributed by atoms with Gasteiger partial charge >= 0.3 is 0 Å². The molecule has 22 heavy (non-hydrogen) atoms. The number of anilines is 1. The Kier molecular flexibility index (Phi) is 4.42. The summed E-state index contributed by atoms with van der Waals surface area (Å²) < 4.78 is 0. The molecule has 0 saturated heterocycles. The normalized spacial score (nSPS) is 19.5. The van der Waals surface area contributed by atoms with Gasteiger partial charge in [0, 0.05) is 24.2 Å². The molecule has 1 aliphatic carbocycles. The smallest absolute Gasteiger partial charge is 0.236 e. The number of carbonyl (C=O) groups excluding carboxylic acids is 2. The summed E-state index contributed by atoms with van der Waals surface area (Å²) in [5.41, 5.74) is 0.775. The molecule has 2 aromatic heterocycles. The van der Waals surface area contributed by atoms with Crippen LogP contribution < -0.4 is 5.32 Å². The number of fused-ring (bicyclic) bond motifs is 1. The quantitative estimate of drug-likeness (QED) is 0.864. The van der Waals surface area contributed by atoms with Crippen molar-refractivity contribution in [2.75, 3.05) is 5.32 Å². The minimum Gasteiger partial charge on any atom is -0.310 e. The second-order valence-electron chi connectivity index (χ2n) is 5.69. The van der Waals surface area contributed by atoms with E-state index in [-0.39, 0.29) is 11.7 Å². The van der Waals surface area contributed by atoms with E-state index in [9.17, 15) is 9.59 Å². The average molecular weight is 297 g/mol. The van der Waals surface area contributed by atoms with Crippen LogP contribution in [0.4, 0.5) is 5.82 Å². The Morgan fingerprint density at radius 1 is 1.09 bits per heavy atom. The number of ketones is 1. The van der Waals surface area contributed by atoms with E-state index in [1.54, 1.807) is 24.5 Å². The predicted octanol–water partition coefficient (Wildman–Crippen LogP) is 3.11. The van der Waals surface area contributed by atoms with Crippen molar-refractivity contribution in [1.82, 2.24) is 9.97 Å². The standard InChI is InChI=1S/C17H19N3O2/c21-15-8-4-2-1-3-6-13(15)17(22)20-16-12-7-5-10-18-14(12)9-11-19-16/h5,7,9-11,13H,1-4,6,8H2,(H,19,20,22). The lowest BCUT2D eigenvalue weighted by atomic mass is 9.89. The number of carbonyl (C=O) groups is 2. The number of nitrogens with one attached hydrogen (secondary N) is 1. The molecule has 2 aromatic rings. The first-order valence-electron chi connectivity index (χ1n) is 7.79. The van der Waals surface area contributed by atoms with Gasteiger partial charge in [0.1, 0.15) is 11.6 Å². The van der Waals surface area contributed by atoms with E-state index in [2.05, 4.69) is 15.3 Å². The van der Waals surface area contributed by atoms with Crippen molar-refractivity contribution >= 4 is 28.4 Å². The molecule has 1 N–H and O–H groups in total. The highest BCUT2D eigenvalue weighted by Gasteiger charge is 2.27. The van der Waals surface area contributed by atoms with Crippen molar-refractivity contribution in [1.29, 1.82) is 0 Å². The summed E-state index contributed by atoms with van der Waals surface area (Å²) in [6, 6.07) is 5.47. The summed E-state index contributed by atoms with van der Waals surface area (Å²) in [6.45, 7) is 0. The van der Waals surface area contributed by atoms with Crippen LogP contribution in [0.3, 0.4) is 0 Å². The van der Waals surface area contributed by atoms with E-state index in [1.807, 2.05) is 6.07 Å². The fraction of sp³-hybridized carbons (Fsp3) is 0.412. The Hall–Kier alpha value is -2.30. The summed E-state index contributed by atoms with van der Waals surface area (Å²) in [5.74, 6) is -0.259. The van der Waals surface area contributed by atoms with Crippen LogP contribution in [0.25, 0.3) is 10.9 Å².